The van der Waals surface area contributed by atoms with Gasteiger partial charge in [0.1, 0.15) is 5.69 Å². The second-order valence-corrected chi connectivity index (χ2v) is 7.56. The third-order valence-corrected chi connectivity index (χ3v) is 5.64. The van der Waals surface area contributed by atoms with E-state index >= 15 is 0 Å². The van der Waals surface area contributed by atoms with Crippen LogP contribution in [0.4, 0.5) is 0 Å². The highest BCUT2D eigenvalue weighted by atomic mass is 32.2. The Morgan fingerprint density at radius 2 is 1.93 bits per heavy atom. The molecule has 29 heavy (non-hydrogen) atoms. The molecule has 0 bridgehead atoms. The van der Waals surface area contributed by atoms with E-state index in [-0.39, 0.29) is 29.2 Å². The molecule has 150 valence electrons. The van der Waals surface area contributed by atoms with Gasteiger partial charge in [0.2, 0.25) is 11.9 Å². The van der Waals surface area contributed by atoms with Gasteiger partial charge >= 0.3 is 0 Å². The lowest BCUT2D eigenvalue weighted by atomic mass is 10.2. The van der Waals surface area contributed by atoms with Gasteiger partial charge in [-0.05, 0) is 39.0 Å². The largest absolute Gasteiger partial charge is 0.454 e. The third kappa shape index (κ3) is 3.35. The van der Waals surface area contributed by atoms with Gasteiger partial charge in [0.15, 0.2) is 17.3 Å². The molecule has 4 rings (SSSR count). The van der Waals surface area contributed by atoms with Crippen molar-refractivity contribution in [1.29, 1.82) is 0 Å². The van der Waals surface area contributed by atoms with E-state index in [0.29, 0.717) is 17.1 Å². The van der Waals surface area contributed by atoms with Crippen LogP contribution >= 0.6 is 11.8 Å². The maximum absolute atomic E-state index is 12.8. The SMILES string of the molecule is Cc1nnc(SCC(=O)c2cc(C)n(-c3ccc4c(c3)OCO4)c2C)n(N)c1=O. The van der Waals surface area contributed by atoms with E-state index in [4.69, 9.17) is 15.3 Å². The number of carbonyl (C=O) groups is 1. The Kier molecular flexibility index (Phi) is 4.79. The average Bonchev–Trinajstić information content (AvgIpc) is 3.28. The maximum Gasteiger partial charge on any atom is 0.294 e. The summed E-state index contributed by atoms with van der Waals surface area (Å²) in [4.78, 5) is 24.7. The first-order chi connectivity index (χ1) is 13.9. The zero-order valence-corrected chi connectivity index (χ0v) is 16.9. The van der Waals surface area contributed by atoms with Crippen molar-refractivity contribution in [2.75, 3.05) is 18.4 Å². The predicted octanol–water partition coefficient (Wildman–Crippen LogP) is 1.77. The van der Waals surface area contributed by atoms with Crippen LogP contribution in [-0.4, -0.2) is 37.8 Å². The number of nitrogens with two attached hydrogens (primary N) is 1. The number of rotatable bonds is 5. The van der Waals surface area contributed by atoms with Crippen LogP contribution in [0.5, 0.6) is 11.5 Å². The minimum absolute atomic E-state index is 0.0831. The molecule has 2 N–H and O–H groups in total. The van der Waals surface area contributed by atoms with Gasteiger partial charge in [-0.1, -0.05) is 11.8 Å². The second-order valence-electron chi connectivity index (χ2n) is 6.61. The number of hydrogen-bond donors (Lipinski definition) is 1. The van der Waals surface area contributed by atoms with E-state index in [1.807, 2.05) is 42.7 Å². The third-order valence-electron chi connectivity index (χ3n) is 4.70. The standard InChI is InChI=1S/C19H19N5O4S/c1-10-6-14(15(25)8-29-19-22-21-11(2)18(26)24(19)20)12(3)23(10)13-4-5-16-17(7-13)28-9-27-16/h4-7H,8-9,20H2,1-3H3. The highest BCUT2D eigenvalue weighted by Gasteiger charge is 2.20. The predicted molar refractivity (Wildman–Crippen MR) is 108 cm³/mol. The van der Waals surface area contributed by atoms with E-state index in [1.54, 1.807) is 0 Å². The van der Waals surface area contributed by atoms with Gasteiger partial charge < -0.3 is 19.9 Å². The summed E-state index contributed by atoms with van der Waals surface area (Å²) >= 11 is 1.08. The Bertz CT molecular complexity index is 1180. The quantitative estimate of drug-likeness (QED) is 0.382. The van der Waals surface area contributed by atoms with Gasteiger partial charge in [-0.3, -0.25) is 9.59 Å². The Morgan fingerprint density at radius 3 is 2.72 bits per heavy atom. The normalized spacial score (nSPS) is 12.4. The molecule has 1 aliphatic heterocycles. The van der Waals surface area contributed by atoms with E-state index in [1.165, 1.54) is 6.92 Å². The molecule has 0 aliphatic carbocycles. The molecule has 0 atom stereocenters. The number of ketones is 1. The maximum atomic E-state index is 12.8. The topological polar surface area (TPSA) is 114 Å². The fourth-order valence-corrected chi connectivity index (χ4v) is 3.98. The van der Waals surface area contributed by atoms with Crippen molar-refractivity contribution in [1.82, 2.24) is 19.4 Å². The summed E-state index contributed by atoms with van der Waals surface area (Å²) in [5, 5.41) is 7.86. The zero-order valence-electron chi connectivity index (χ0n) is 16.1. The van der Waals surface area contributed by atoms with Crippen LogP contribution in [-0.2, 0) is 0 Å². The van der Waals surface area contributed by atoms with Gasteiger partial charge in [0.05, 0.1) is 5.75 Å². The first-order valence-corrected chi connectivity index (χ1v) is 9.81. The molecular weight excluding hydrogens is 394 g/mol. The molecule has 0 saturated heterocycles. The Morgan fingerprint density at radius 1 is 1.17 bits per heavy atom. The van der Waals surface area contributed by atoms with E-state index < -0.39 is 5.56 Å². The fourth-order valence-electron chi connectivity index (χ4n) is 3.24. The van der Waals surface area contributed by atoms with Gasteiger partial charge in [-0.15, -0.1) is 10.2 Å². The molecule has 10 heteroatoms. The van der Waals surface area contributed by atoms with Gasteiger partial charge in [-0.2, -0.15) is 4.68 Å². The van der Waals surface area contributed by atoms with Crippen LogP contribution in [0.1, 0.15) is 27.4 Å². The summed E-state index contributed by atoms with van der Waals surface area (Å²) in [5.74, 6) is 7.10. The number of aryl methyl sites for hydroxylation is 2. The molecular formula is C19H19N5O4S. The lowest BCUT2D eigenvalue weighted by Gasteiger charge is -2.11. The monoisotopic (exact) mass is 413 g/mol. The molecule has 0 saturated carbocycles. The molecule has 0 unspecified atom stereocenters. The number of nitrogen functional groups attached to an aromatic ring is 1. The first kappa shape index (κ1) is 19.1. The number of fused-ring (bicyclic) bond motifs is 1. The van der Waals surface area contributed by atoms with Gasteiger partial charge in [0.25, 0.3) is 5.56 Å². The van der Waals surface area contributed by atoms with Crippen molar-refractivity contribution in [2.45, 2.75) is 25.9 Å². The lowest BCUT2D eigenvalue weighted by Crippen LogP contribution is -2.32. The van der Waals surface area contributed by atoms with E-state index in [2.05, 4.69) is 10.2 Å². The molecule has 0 amide bonds. The van der Waals surface area contributed by atoms with Crippen molar-refractivity contribution in [3.63, 3.8) is 0 Å². The van der Waals surface area contributed by atoms with Crippen LogP contribution in [0.3, 0.4) is 0 Å². The molecule has 9 nitrogen and oxygen atoms in total. The highest BCUT2D eigenvalue weighted by Crippen LogP contribution is 2.35. The number of benzene rings is 1. The van der Waals surface area contributed by atoms with Crippen molar-refractivity contribution in [3.8, 4) is 17.2 Å². The van der Waals surface area contributed by atoms with Crippen LogP contribution in [0.15, 0.2) is 34.2 Å². The molecule has 2 aromatic heterocycles. The zero-order chi connectivity index (χ0) is 20.7. The molecule has 0 spiro atoms. The molecule has 0 radical (unpaired) electrons. The fraction of sp³-hybridized carbons (Fsp3) is 0.263. The minimum atomic E-state index is -0.434. The molecule has 3 heterocycles. The minimum Gasteiger partial charge on any atom is -0.454 e. The molecule has 3 aromatic rings. The summed E-state index contributed by atoms with van der Waals surface area (Å²) in [5.41, 5.74) is 2.98. The number of ether oxygens (including phenoxy) is 2. The van der Waals surface area contributed by atoms with Crippen LogP contribution in [0, 0.1) is 20.8 Å². The smallest absolute Gasteiger partial charge is 0.294 e. The average molecular weight is 413 g/mol. The Hall–Kier alpha value is -3.27. The van der Waals surface area contributed by atoms with Crippen LogP contribution in [0.2, 0.25) is 0 Å². The number of nitrogens with zero attached hydrogens (tertiary/aromatic N) is 4. The number of thioether (sulfide) groups is 1. The molecule has 1 aromatic carbocycles. The van der Waals surface area contributed by atoms with E-state index in [9.17, 15) is 9.59 Å². The van der Waals surface area contributed by atoms with Gasteiger partial charge in [0, 0.05) is 28.7 Å². The van der Waals surface area contributed by atoms with Gasteiger partial charge in [-0.25, -0.2) is 0 Å². The molecule has 1 aliphatic rings. The van der Waals surface area contributed by atoms with E-state index in [0.717, 1.165) is 33.5 Å². The summed E-state index contributed by atoms with van der Waals surface area (Å²) in [7, 11) is 0. The number of carbonyl (C=O) groups excluding carboxylic acids is 1. The Labute approximate surface area is 170 Å². The number of aromatic nitrogens is 4. The lowest BCUT2D eigenvalue weighted by molar-refractivity contribution is 0.102. The summed E-state index contributed by atoms with van der Waals surface area (Å²) in [6.07, 6.45) is 0. The summed E-state index contributed by atoms with van der Waals surface area (Å²) in [6.45, 7) is 5.56. The summed E-state index contributed by atoms with van der Waals surface area (Å²) in [6, 6.07) is 7.51. The number of hydrogen-bond acceptors (Lipinski definition) is 8. The van der Waals surface area contributed by atoms with Crippen molar-refractivity contribution in [2.24, 2.45) is 0 Å². The van der Waals surface area contributed by atoms with Crippen LogP contribution < -0.4 is 20.9 Å². The van der Waals surface area contributed by atoms with Crippen LogP contribution in [0.25, 0.3) is 5.69 Å². The number of Topliss-reactive ketones (excluding diaryl/α,β-unsaturated/α-hetero) is 1. The van der Waals surface area contributed by atoms with Crippen molar-refractivity contribution >= 4 is 17.5 Å². The second kappa shape index (κ2) is 7.28. The van der Waals surface area contributed by atoms with Crippen molar-refractivity contribution < 1.29 is 14.3 Å². The summed E-state index contributed by atoms with van der Waals surface area (Å²) < 4.78 is 13.7. The first-order valence-electron chi connectivity index (χ1n) is 8.83. The molecule has 0 fully saturated rings. The Balaban J connectivity index is 1.58. The van der Waals surface area contributed by atoms with Crippen molar-refractivity contribution in [3.05, 3.63) is 57.3 Å². The highest BCUT2D eigenvalue weighted by molar-refractivity contribution is 7.99.